The Balaban J connectivity index is 1.96. The van der Waals surface area contributed by atoms with E-state index in [9.17, 15) is 4.79 Å². The number of ether oxygens (including phenoxy) is 1. The van der Waals surface area contributed by atoms with Crippen molar-refractivity contribution in [3.05, 3.63) is 24.3 Å². The molecule has 122 valence electrons. The third-order valence-corrected chi connectivity index (χ3v) is 3.65. The molecule has 0 aromatic heterocycles. The molecule has 0 aliphatic carbocycles. The van der Waals surface area contributed by atoms with Crippen molar-refractivity contribution in [2.75, 3.05) is 23.7 Å². The second-order valence-electron chi connectivity index (χ2n) is 6.93. The fourth-order valence-electron chi connectivity index (χ4n) is 2.55. The van der Waals surface area contributed by atoms with Gasteiger partial charge in [-0.1, -0.05) is 13.0 Å². The summed E-state index contributed by atoms with van der Waals surface area (Å²) in [5.74, 6) is 0.580. The van der Waals surface area contributed by atoms with Crippen molar-refractivity contribution in [3.63, 3.8) is 0 Å². The zero-order valence-corrected chi connectivity index (χ0v) is 13.9. The summed E-state index contributed by atoms with van der Waals surface area (Å²) in [4.78, 5) is 11.8. The van der Waals surface area contributed by atoms with Gasteiger partial charge in [-0.25, -0.2) is 4.79 Å². The number of nitrogens with one attached hydrogen (secondary N) is 3. The number of rotatable bonds is 3. The molecule has 1 heterocycles. The van der Waals surface area contributed by atoms with Crippen LogP contribution in [0.5, 0.6) is 0 Å². The molecule has 1 amide bonds. The fourth-order valence-corrected chi connectivity index (χ4v) is 2.55. The number of amides is 1. The van der Waals surface area contributed by atoms with Crippen LogP contribution in [0.3, 0.4) is 0 Å². The van der Waals surface area contributed by atoms with Crippen molar-refractivity contribution in [3.8, 4) is 0 Å². The minimum absolute atomic E-state index is 0.431. The Bertz CT molecular complexity index is 511. The van der Waals surface area contributed by atoms with E-state index < -0.39 is 11.7 Å². The first-order chi connectivity index (χ1) is 10.3. The molecule has 1 aromatic rings. The number of hydrogen-bond donors (Lipinski definition) is 3. The van der Waals surface area contributed by atoms with Crippen molar-refractivity contribution in [2.24, 2.45) is 5.92 Å². The summed E-state index contributed by atoms with van der Waals surface area (Å²) in [6.45, 7) is 9.87. The van der Waals surface area contributed by atoms with E-state index in [0.29, 0.717) is 12.0 Å². The lowest BCUT2D eigenvalue weighted by molar-refractivity contribution is 0.0636. The number of hydrogen-bond acceptors (Lipinski definition) is 4. The molecule has 1 aromatic carbocycles. The maximum Gasteiger partial charge on any atom is 0.412 e. The molecule has 3 N–H and O–H groups in total. The molecule has 0 radical (unpaired) electrons. The smallest absolute Gasteiger partial charge is 0.412 e. The van der Waals surface area contributed by atoms with E-state index in [1.165, 1.54) is 0 Å². The average molecular weight is 305 g/mol. The zero-order chi connectivity index (χ0) is 16.2. The van der Waals surface area contributed by atoms with Gasteiger partial charge >= 0.3 is 6.09 Å². The second kappa shape index (κ2) is 7.01. The van der Waals surface area contributed by atoms with Gasteiger partial charge in [0.15, 0.2) is 0 Å². The van der Waals surface area contributed by atoms with E-state index in [4.69, 9.17) is 4.74 Å². The summed E-state index contributed by atoms with van der Waals surface area (Å²) in [6, 6.07) is 8.22. The molecule has 0 spiro atoms. The van der Waals surface area contributed by atoms with Gasteiger partial charge < -0.3 is 15.4 Å². The molecular weight excluding hydrogens is 278 g/mol. The highest BCUT2D eigenvalue weighted by Gasteiger charge is 2.21. The minimum atomic E-state index is -0.496. The van der Waals surface area contributed by atoms with Gasteiger partial charge in [0, 0.05) is 17.4 Å². The van der Waals surface area contributed by atoms with Gasteiger partial charge in [0.1, 0.15) is 5.60 Å². The molecule has 5 nitrogen and oxygen atoms in total. The first-order valence-corrected chi connectivity index (χ1v) is 7.91. The third-order valence-electron chi connectivity index (χ3n) is 3.65. The Labute approximate surface area is 132 Å². The highest BCUT2D eigenvalue weighted by atomic mass is 16.6. The summed E-state index contributed by atoms with van der Waals surface area (Å²) >= 11 is 0. The van der Waals surface area contributed by atoms with Crippen LogP contribution in [0.15, 0.2) is 24.3 Å². The Hall–Kier alpha value is -1.75. The van der Waals surface area contributed by atoms with Crippen molar-refractivity contribution >= 4 is 17.5 Å². The van der Waals surface area contributed by atoms with Crippen LogP contribution >= 0.6 is 0 Å². The Kier molecular flexibility index (Phi) is 5.29. The Morgan fingerprint density at radius 1 is 1.32 bits per heavy atom. The van der Waals surface area contributed by atoms with Crippen LogP contribution in [0.25, 0.3) is 0 Å². The number of benzene rings is 1. The number of carbonyl (C=O) groups is 1. The number of anilines is 2. The van der Waals surface area contributed by atoms with E-state index in [1.54, 1.807) is 0 Å². The average Bonchev–Trinajstić information content (AvgIpc) is 2.39. The van der Waals surface area contributed by atoms with Crippen molar-refractivity contribution in [1.82, 2.24) is 5.32 Å². The Morgan fingerprint density at radius 2 is 2.05 bits per heavy atom. The van der Waals surface area contributed by atoms with E-state index in [-0.39, 0.29) is 0 Å². The maximum atomic E-state index is 11.8. The van der Waals surface area contributed by atoms with Crippen molar-refractivity contribution < 1.29 is 9.53 Å². The Morgan fingerprint density at radius 3 is 2.73 bits per heavy atom. The fraction of sp³-hybridized carbons (Fsp3) is 0.588. The summed E-state index contributed by atoms with van der Waals surface area (Å²) in [7, 11) is 0. The zero-order valence-electron chi connectivity index (χ0n) is 13.9. The predicted octanol–water partition coefficient (Wildman–Crippen LogP) is 3.44. The lowest BCUT2D eigenvalue weighted by Crippen LogP contribution is -2.42. The first kappa shape index (κ1) is 16.6. The van der Waals surface area contributed by atoms with Crippen LogP contribution in [0.2, 0.25) is 0 Å². The quantitative estimate of drug-likeness (QED) is 0.800. The van der Waals surface area contributed by atoms with Crippen molar-refractivity contribution in [2.45, 2.75) is 45.8 Å². The normalized spacial score (nSPS) is 22.0. The summed E-state index contributed by atoms with van der Waals surface area (Å²) in [5.41, 5.74) is 1.26. The second-order valence-corrected chi connectivity index (χ2v) is 6.93. The molecule has 1 aliphatic heterocycles. The molecule has 1 fully saturated rings. The van der Waals surface area contributed by atoms with Gasteiger partial charge in [0.2, 0.25) is 0 Å². The molecule has 22 heavy (non-hydrogen) atoms. The van der Waals surface area contributed by atoms with Gasteiger partial charge in [0.25, 0.3) is 0 Å². The molecule has 0 bridgehead atoms. The minimum Gasteiger partial charge on any atom is -0.444 e. The van der Waals surface area contributed by atoms with Crippen LogP contribution in [0, 0.1) is 5.92 Å². The standard InChI is InChI=1S/C17H27N3O2/c1-12-11-18-9-8-15(12)19-13-6-5-7-14(10-13)20-16(21)22-17(2,3)4/h5-7,10,12,15,18-19H,8-9,11H2,1-4H3,(H,20,21)/t12-,15+/m1/s1. The summed E-state index contributed by atoms with van der Waals surface area (Å²) in [5, 5.41) is 9.73. The maximum absolute atomic E-state index is 11.8. The van der Waals surface area contributed by atoms with Crippen LogP contribution in [0.1, 0.15) is 34.1 Å². The molecule has 0 unspecified atom stereocenters. The SMILES string of the molecule is C[C@@H]1CNCC[C@@H]1Nc1cccc(NC(=O)OC(C)(C)C)c1. The summed E-state index contributed by atoms with van der Waals surface area (Å²) < 4.78 is 5.27. The molecule has 2 atom stereocenters. The van der Waals surface area contributed by atoms with Gasteiger partial charge in [-0.2, -0.15) is 0 Å². The first-order valence-electron chi connectivity index (χ1n) is 7.91. The lowest BCUT2D eigenvalue weighted by Gasteiger charge is -2.31. The van der Waals surface area contributed by atoms with E-state index >= 15 is 0 Å². The number of piperidine rings is 1. The predicted molar refractivity (Wildman–Crippen MR) is 90.4 cm³/mol. The highest BCUT2D eigenvalue weighted by molar-refractivity contribution is 5.85. The molecule has 1 saturated heterocycles. The molecule has 5 heteroatoms. The van der Waals surface area contributed by atoms with E-state index in [0.717, 1.165) is 30.9 Å². The third kappa shape index (κ3) is 5.22. The van der Waals surface area contributed by atoms with Crippen LogP contribution < -0.4 is 16.0 Å². The lowest BCUT2D eigenvalue weighted by atomic mass is 9.95. The van der Waals surface area contributed by atoms with Crippen LogP contribution in [-0.2, 0) is 4.74 Å². The van der Waals surface area contributed by atoms with Gasteiger partial charge in [-0.3, -0.25) is 5.32 Å². The molecule has 0 saturated carbocycles. The van der Waals surface area contributed by atoms with E-state index in [1.807, 2.05) is 45.0 Å². The van der Waals surface area contributed by atoms with E-state index in [2.05, 4.69) is 22.9 Å². The topological polar surface area (TPSA) is 62.4 Å². The largest absolute Gasteiger partial charge is 0.444 e. The van der Waals surface area contributed by atoms with Crippen molar-refractivity contribution in [1.29, 1.82) is 0 Å². The molecular formula is C17H27N3O2. The highest BCUT2D eigenvalue weighted by Crippen LogP contribution is 2.21. The van der Waals surface area contributed by atoms with Crippen LogP contribution in [-0.4, -0.2) is 30.8 Å². The monoisotopic (exact) mass is 305 g/mol. The number of carbonyl (C=O) groups excluding carboxylic acids is 1. The van der Waals surface area contributed by atoms with Gasteiger partial charge in [-0.15, -0.1) is 0 Å². The van der Waals surface area contributed by atoms with Gasteiger partial charge in [0.05, 0.1) is 0 Å². The summed E-state index contributed by atoms with van der Waals surface area (Å²) in [6.07, 6.45) is 0.671. The van der Waals surface area contributed by atoms with Gasteiger partial charge in [-0.05, 0) is 64.4 Å². The molecule has 1 aliphatic rings. The van der Waals surface area contributed by atoms with Crippen LogP contribution in [0.4, 0.5) is 16.2 Å². The molecule has 2 rings (SSSR count).